The van der Waals surface area contributed by atoms with Gasteiger partial charge in [-0.05, 0) is 48.5 Å². The topological polar surface area (TPSA) is 94.5 Å². The second-order valence-corrected chi connectivity index (χ2v) is 9.22. The number of hydrogen-bond acceptors (Lipinski definition) is 7. The number of esters is 1. The molecule has 0 N–H and O–H groups in total. The maximum atomic E-state index is 12.8. The van der Waals surface area contributed by atoms with Crippen molar-refractivity contribution in [1.29, 1.82) is 0 Å². The highest BCUT2D eigenvalue weighted by molar-refractivity contribution is 7.90. The van der Waals surface area contributed by atoms with Gasteiger partial charge in [0.05, 0.1) is 19.2 Å². The van der Waals surface area contributed by atoms with Gasteiger partial charge in [-0.15, -0.1) is 4.40 Å². The first-order valence-corrected chi connectivity index (χ1v) is 12.0. The molecule has 1 aliphatic rings. The number of amidine groups is 1. The lowest BCUT2D eigenvalue weighted by Gasteiger charge is -2.26. The Kier molecular flexibility index (Phi) is 6.83. The molecule has 8 nitrogen and oxygen atoms in total. The second kappa shape index (κ2) is 9.96. The van der Waals surface area contributed by atoms with Crippen LogP contribution in [0.1, 0.15) is 15.9 Å². The van der Waals surface area contributed by atoms with E-state index in [1.807, 2.05) is 18.2 Å². The summed E-state index contributed by atoms with van der Waals surface area (Å²) in [6.07, 6.45) is -0.710. The third kappa shape index (κ3) is 5.20. The lowest BCUT2D eigenvalue weighted by Crippen LogP contribution is -2.39. The van der Waals surface area contributed by atoms with Crippen LogP contribution in [-0.2, 0) is 14.8 Å². The van der Waals surface area contributed by atoms with Crippen LogP contribution in [0.4, 0.5) is 0 Å². The number of fused-ring (bicyclic) bond motifs is 1. The average molecular weight is 481 g/mol. The fourth-order valence-electron chi connectivity index (χ4n) is 3.53. The summed E-state index contributed by atoms with van der Waals surface area (Å²) in [4.78, 5) is 14.6. The molecule has 0 saturated carbocycles. The van der Waals surface area contributed by atoms with Gasteiger partial charge in [-0.25, -0.2) is 4.79 Å². The number of nitrogens with zero attached hydrogens (tertiary/aromatic N) is 2. The molecule has 34 heavy (non-hydrogen) atoms. The average Bonchev–Trinajstić information content (AvgIpc) is 3.14. The van der Waals surface area contributed by atoms with Crippen LogP contribution in [0, 0.1) is 0 Å². The van der Waals surface area contributed by atoms with Gasteiger partial charge in [0.25, 0.3) is 10.0 Å². The molecule has 0 spiro atoms. The molecule has 9 heteroatoms. The van der Waals surface area contributed by atoms with Crippen molar-refractivity contribution in [2.45, 2.75) is 11.0 Å². The second-order valence-electron chi connectivity index (χ2n) is 7.65. The van der Waals surface area contributed by atoms with E-state index in [1.165, 1.54) is 6.07 Å². The van der Waals surface area contributed by atoms with Crippen molar-refractivity contribution in [2.75, 3.05) is 27.3 Å². The third-order valence-electron chi connectivity index (χ3n) is 5.23. The maximum absolute atomic E-state index is 12.8. The van der Waals surface area contributed by atoms with Gasteiger partial charge < -0.3 is 19.1 Å². The first kappa shape index (κ1) is 23.3. The number of hydrogen-bond donors (Lipinski definition) is 0. The molecule has 0 saturated heterocycles. The molecule has 1 heterocycles. The lowest BCUT2D eigenvalue weighted by atomic mass is 10.2. The number of rotatable bonds is 8. The van der Waals surface area contributed by atoms with Gasteiger partial charge >= 0.3 is 5.97 Å². The zero-order chi connectivity index (χ0) is 24.1. The number of para-hydroxylation sites is 1. The molecule has 0 amide bonds. The minimum absolute atomic E-state index is 0.0674. The fraction of sp³-hybridized carbons (Fsp3) is 0.200. The molecule has 0 unspecified atom stereocenters. The number of methoxy groups -OCH3 is 1. The highest BCUT2D eigenvalue weighted by Crippen LogP contribution is 2.27. The van der Waals surface area contributed by atoms with Crippen molar-refractivity contribution in [3.05, 3.63) is 90.0 Å². The Morgan fingerprint density at radius 1 is 0.941 bits per heavy atom. The molecule has 0 aromatic heterocycles. The van der Waals surface area contributed by atoms with Gasteiger partial charge in [0.15, 0.2) is 11.9 Å². The van der Waals surface area contributed by atoms with Crippen molar-refractivity contribution in [3.8, 4) is 11.5 Å². The van der Waals surface area contributed by atoms with Crippen LogP contribution in [0.2, 0.25) is 0 Å². The molecular weight excluding hydrogens is 456 g/mol. The predicted molar refractivity (Wildman–Crippen MR) is 127 cm³/mol. The van der Waals surface area contributed by atoms with Crippen molar-refractivity contribution >= 4 is 21.8 Å². The van der Waals surface area contributed by atoms with Crippen LogP contribution in [0.5, 0.6) is 11.5 Å². The number of sulfonamides is 1. The summed E-state index contributed by atoms with van der Waals surface area (Å²) in [6, 6.07) is 22.4. The van der Waals surface area contributed by atoms with Gasteiger partial charge in [0.1, 0.15) is 23.0 Å². The lowest BCUT2D eigenvalue weighted by molar-refractivity contribution is 0.0130. The molecule has 176 valence electrons. The van der Waals surface area contributed by atoms with Crippen LogP contribution in [0.3, 0.4) is 0 Å². The molecule has 0 radical (unpaired) electrons. The van der Waals surface area contributed by atoms with E-state index in [0.29, 0.717) is 28.5 Å². The number of ether oxygens (including phenoxy) is 3. The van der Waals surface area contributed by atoms with E-state index in [0.717, 1.165) is 0 Å². The van der Waals surface area contributed by atoms with E-state index in [-0.39, 0.29) is 18.0 Å². The Morgan fingerprint density at radius 3 is 2.32 bits per heavy atom. The van der Waals surface area contributed by atoms with E-state index in [9.17, 15) is 13.2 Å². The first-order valence-electron chi connectivity index (χ1n) is 10.6. The van der Waals surface area contributed by atoms with Crippen molar-refractivity contribution < 1.29 is 27.4 Å². The van der Waals surface area contributed by atoms with E-state index in [2.05, 4.69) is 4.40 Å². The molecular formula is C25H24N2O6S. The van der Waals surface area contributed by atoms with Crippen molar-refractivity contribution in [3.63, 3.8) is 0 Å². The van der Waals surface area contributed by atoms with Gasteiger partial charge in [0.2, 0.25) is 0 Å². The van der Waals surface area contributed by atoms with Crippen LogP contribution < -0.4 is 9.47 Å². The number of likely N-dealkylation sites (N-methyl/N-ethyl adjacent to an activating group) is 1. The van der Waals surface area contributed by atoms with Crippen LogP contribution in [-0.4, -0.2) is 58.5 Å². The van der Waals surface area contributed by atoms with E-state index in [4.69, 9.17) is 14.2 Å². The Morgan fingerprint density at radius 2 is 1.62 bits per heavy atom. The Labute approximate surface area is 198 Å². The minimum atomic E-state index is -3.77. The molecule has 1 aliphatic heterocycles. The standard InChI is InChI=1S/C25H24N2O6S/c1-27(24-22-10-6-7-11-23(22)34(29,30)26-24)16-21(17-32-20-8-4-3-5-9-20)33-25(28)18-12-14-19(31-2)15-13-18/h3-15,21H,16-17H2,1-2H3/t21-/m1/s1. The van der Waals surface area contributed by atoms with Gasteiger partial charge in [-0.3, -0.25) is 0 Å². The molecule has 4 rings (SSSR count). The minimum Gasteiger partial charge on any atom is -0.497 e. The summed E-state index contributed by atoms with van der Waals surface area (Å²) in [6.45, 7) is 0.231. The Hall–Kier alpha value is -3.85. The van der Waals surface area contributed by atoms with Gasteiger partial charge in [0, 0.05) is 12.6 Å². The monoisotopic (exact) mass is 480 g/mol. The molecule has 0 bridgehead atoms. The largest absolute Gasteiger partial charge is 0.497 e. The summed E-state index contributed by atoms with van der Waals surface area (Å²) >= 11 is 0. The van der Waals surface area contributed by atoms with Crippen molar-refractivity contribution in [1.82, 2.24) is 4.90 Å². The summed E-state index contributed by atoms with van der Waals surface area (Å²) < 4.78 is 45.5. The molecule has 1 atom stereocenters. The van der Waals surface area contributed by atoms with Gasteiger partial charge in [-0.1, -0.05) is 30.3 Å². The molecule has 3 aromatic rings. The quantitative estimate of drug-likeness (QED) is 0.456. The highest BCUT2D eigenvalue weighted by atomic mass is 32.2. The summed E-state index contributed by atoms with van der Waals surface area (Å²) in [5.74, 6) is 1.01. The number of benzene rings is 3. The number of carbonyl (C=O) groups excluding carboxylic acids is 1. The predicted octanol–water partition coefficient (Wildman–Crippen LogP) is 3.38. The smallest absolute Gasteiger partial charge is 0.338 e. The zero-order valence-electron chi connectivity index (χ0n) is 18.7. The maximum Gasteiger partial charge on any atom is 0.338 e. The summed E-state index contributed by atoms with van der Waals surface area (Å²) in [5, 5.41) is 0. The van der Waals surface area contributed by atoms with Crippen LogP contribution >= 0.6 is 0 Å². The first-order chi connectivity index (χ1) is 16.4. The molecule has 3 aromatic carbocycles. The van der Waals surface area contributed by atoms with Crippen LogP contribution in [0.15, 0.2) is 88.2 Å². The van der Waals surface area contributed by atoms with E-state index in [1.54, 1.807) is 73.7 Å². The molecule has 0 fully saturated rings. The summed E-state index contributed by atoms with van der Waals surface area (Å²) in [5.41, 5.74) is 0.869. The van der Waals surface area contributed by atoms with E-state index < -0.39 is 22.1 Å². The highest BCUT2D eigenvalue weighted by Gasteiger charge is 2.32. The van der Waals surface area contributed by atoms with Gasteiger partial charge in [-0.2, -0.15) is 8.42 Å². The van der Waals surface area contributed by atoms with E-state index >= 15 is 0 Å². The Bertz CT molecular complexity index is 1290. The zero-order valence-corrected chi connectivity index (χ0v) is 19.6. The van der Waals surface area contributed by atoms with Crippen LogP contribution in [0.25, 0.3) is 0 Å². The molecule has 0 aliphatic carbocycles. The Balaban J connectivity index is 1.53. The SMILES string of the molecule is COc1ccc(C(=O)O[C@@H](COc2ccccc2)CN(C)C2=NS(=O)(=O)c3ccccc32)cc1. The normalized spacial score (nSPS) is 14.5. The van der Waals surface area contributed by atoms with Crippen molar-refractivity contribution in [2.24, 2.45) is 4.40 Å². The third-order valence-corrected chi connectivity index (χ3v) is 6.56. The summed E-state index contributed by atoms with van der Waals surface area (Å²) in [7, 11) is -0.521. The number of carbonyl (C=O) groups is 1. The fourth-order valence-corrected chi connectivity index (χ4v) is 4.78.